The van der Waals surface area contributed by atoms with Crippen molar-refractivity contribution in [2.45, 2.75) is 13.1 Å². The third kappa shape index (κ3) is 1.38. The lowest BCUT2D eigenvalue weighted by atomic mass is 10.1. The van der Waals surface area contributed by atoms with Gasteiger partial charge in [0.2, 0.25) is 0 Å². The second-order valence-electron chi connectivity index (χ2n) is 3.49. The molecule has 4 nitrogen and oxygen atoms in total. The Labute approximate surface area is 82.1 Å². The van der Waals surface area contributed by atoms with E-state index in [1.165, 1.54) is 0 Å². The van der Waals surface area contributed by atoms with Crippen LogP contribution < -0.4 is 5.48 Å². The van der Waals surface area contributed by atoms with Crippen LogP contribution in [0.2, 0.25) is 0 Å². The molecule has 2 N–H and O–H groups in total. The molecular formula is C10H12N2O2. The van der Waals surface area contributed by atoms with Gasteiger partial charge >= 0.3 is 0 Å². The number of hydrogen-bond acceptors (Lipinski definition) is 3. The molecule has 1 aromatic carbocycles. The van der Waals surface area contributed by atoms with Crippen LogP contribution in [-0.4, -0.2) is 23.1 Å². The molecule has 1 amide bonds. The Hall–Kier alpha value is -1.39. The van der Waals surface area contributed by atoms with Crippen LogP contribution in [0.4, 0.5) is 0 Å². The van der Waals surface area contributed by atoms with E-state index >= 15 is 0 Å². The van der Waals surface area contributed by atoms with E-state index in [-0.39, 0.29) is 5.91 Å². The van der Waals surface area contributed by atoms with Crippen LogP contribution in [0.25, 0.3) is 0 Å². The second kappa shape index (κ2) is 3.40. The van der Waals surface area contributed by atoms with E-state index < -0.39 is 0 Å². The molecule has 74 valence electrons. The van der Waals surface area contributed by atoms with E-state index in [1.54, 1.807) is 11.9 Å². The Morgan fingerprint density at radius 3 is 3.07 bits per heavy atom. The standard InChI is InChI=1S/C10H12N2O2/c1-12-6-8-3-2-7(5-11-14)4-9(8)10(12)13/h2-4,11,14H,5-6H2,1H3. The first-order valence-corrected chi connectivity index (χ1v) is 4.46. The van der Waals surface area contributed by atoms with Gasteiger partial charge in [0.1, 0.15) is 0 Å². The third-order valence-corrected chi connectivity index (χ3v) is 2.44. The van der Waals surface area contributed by atoms with Crippen molar-refractivity contribution in [2.75, 3.05) is 7.05 Å². The molecule has 1 aromatic rings. The normalized spacial score (nSPS) is 14.7. The molecule has 0 unspecified atom stereocenters. The summed E-state index contributed by atoms with van der Waals surface area (Å²) in [6.45, 7) is 1.05. The topological polar surface area (TPSA) is 52.6 Å². The van der Waals surface area contributed by atoms with Gasteiger partial charge in [-0.2, -0.15) is 0 Å². The molecule has 0 saturated heterocycles. The first-order chi connectivity index (χ1) is 6.72. The van der Waals surface area contributed by atoms with E-state index in [0.29, 0.717) is 13.1 Å². The lowest BCUT2D eigenvalue weighted by Gasteiger charge is -2.04. The van der Waals surface area contributed by atoms with Gasteiger partial charge in [0.05, 0.1) is 0 Å². The van der Waals surface area contributed by atoms with Crippen molar-refractivity contribution in [3.8, 4) is 0 Å². The number of fused-ring (bicyclic) bond motifs is 1. The highest BCUT2D eigenvalue weighted by Gasteiger charge is 2.23. The number of carbonyl (C=O) groups is 1. The van der Waals surface area contributed by atoms with Crippen LogP contribution in [0.5, 0.6) is 0 Å². The minimum absolute atomic E-state index is 0.0554. The third-order valence-electron chi connectivity index (χ3n) is 2.44. The van der Waals surface area contributed by atoms with Crippen molar-refractivity contribution in [3.05, 3.63) is 34.9 Å². The van der Waals surface area contributed by atoms with Crippen LogP contribution in [0.1, 0.15) is 21.5 Å². The molecule has 4 heteroatoms. The molecule has 14 heavy (non-hydrogen) atoms. The van der Waals surface area contributed by atoms with E-state index in [0.717, 1.165) is 16.7 Å². The molecule has 0 bridgehead atoms. The fourth-order valence-electron chi connectivity index (χ4n) is 1.69. The predicted molar refractivity (Wildman–Crippen MR) is 50.9 cm³/mol. The van der Waals surface area contributed by atoms with Crippen LogP contribution in [0.3, 0.4) is 0 Å². The van der Waals surface area contributed by atoms with Gasteiger partial charge in [-0.1, -0.05) is 12.1 Å². The van der Waals surface area contributed by atoms with Gasteiger partial charge in [0.25, 0.3) is 5.91 Å². The number of nitrogens with zero attached hydrogens (tertiary/aromatic N) is 1. The fraction of sp³-hybridized carbons (Fsp3) is 0.300. The van der Waals surface area contributed by atoms with E-state index in [2.05, 4.69) is 5.48 Å². The predicted octanol–water partition coefficient (Wildman–Crippen LogP) is 0.751. The molecule has 1 heterocycles. The molecule has 0 radical (unpaired) electrons. The Balaban J connectivity index is 2.36. The smallest absolute Gasteiger partial charge is 0.254 e. The van der Waals surface area contributed by atoms with Crippen molar-refractivity contribution in [1.29, 1.82) is 0 Å². The highest BCUT2D eigenvalue weighted by atomic mass is 16.5. The van der Waals surface area contributed by atoms with Gasteiger partial charge in [-0.05, 0) is 17.2 Å². The quantitative estimate of drug-likeness (QED) is 0.680. The summed E-state index contributed by atoms with van der Waals surface area (Å²) >= 11 is 0. The Kier molecular flexibility index (Phi) is 2.23. The summed E-state index contributed by atoms with van der Waals surface area (Å²) in [6, 6.07) is 5.67. The zero-order chi connectivity index (χ0) is 10.1. The molecule has 1 aliphatic heterocycles. The second-order valence-corrected chi connectivity index (χ2v) is 3.49. The largest absolute Gasteiger partial charge is 0.337 e. The molecule has 0 spiro atoms. The van der Waals surface area contributed by atoms with Crippen molar-refractivity contribution < 1.29 is 10.0 Å². The molecule has 0 aliphatic carbocycles. The van der Waals surface area contributed by atoms with Crippen LogP contribution in [-0.2, 0) is 13.1 Å². The summed E-state index contributed by atoms with van der Waals surface area (Å²) < 4.78 is 0. The molecule has 2 rings (SSSR count). The molecular weight excluding hydrogens is 180 g/mol. The van der Waals surface area contributed by atoms with Gasteiger partial charge in [0, 0.05) is 25.7 Å². The van der Waals surface area contributed by atoms with Gasteiger partial charge in [0.15, 0.2) is 0 Å². The van der Waals surface area contributed by atoms with Crippen molar-refractivity contribution >= 4 is 5.91 Å². The number of carbonyl (C=O) groups excluding carboxylic acids is 1. The lowest BCUT2D eigenvalue weighted by molar-refractivity contribution is 0.0816. The first kappa shape index (κ1) is 9.18. The average Bonchev–Trinajstić information content (AvgIpc) is 2.45. The molecule has 0 atom stereocenters. The molecule has 1 aliphatic rings. The summed E-state index contributed by atoms with van der Waals surface area (Å²) in [5, 5.41) is 8.54. The Morgan fingerprint density at radius 2 is 2.36 bits per heavy atom. The molecule has 0 aromatic heterocycles. The van der Waals surface area contributed by atoms with E-state index in [1.807, 2.05) is 18.2 Å². The van der Waals surface area contributed by atoms with Crippen LogP contribution in [0.15, 0.2) is 18.2 Å². The number of benzene rings is 1. The van der Waals surface area contributed by atoms with Crippen molar-refractivity contribution in [3.63, 3.8) is 0 Å². The summed E-state index contributed by atoms with van der Waals surface area (Å²) in [5.74, 6) is 0.0554. The minimum Gasteiger partial charge on any atom is -0.337 e. The van der Waals surface area contributed by atoms with Gasteiger partial charge < -0.3 is 10.1 Å². The summed E-state index contributed by atoms with van der Waals surface area (Å²) in [6.07, 6.45) is 0. The van der Waals surface area contributed by atoms with Crippen molar-refractivity contribution in [1.82, 2.24) is 10.4 Å². The lowest BCUT2D eigenvalue weighted by Crippen LogP contribution is -2.17. The Morgan fingerprint density at radius 1 is 1.57 bits per heavy atom. The monoisotopic (exact) mass is 192 g/mol. The van der Waals surface area contributed by atoms with Crippen LogP contribution >= 0.6 is 0 Å². The summed E-state index contributed by atoms with van der Waals surface area (Å²) in [5.41, 5.74) is 4.79. The summed E-state index contributed by atoms with van der Waals surface area (Å²) in [4.78, 5) is 13.3. The fourth-order valence-corrected chi connectivity index (χ4v) is 1.69. The van der Waals surface area contributed by atoms with Gasteiger partial charge in [-0.25, -0.2) is 5.48 Å². The van der Waals surface area contributed by atoms with Crippen LogP contribution in [0, 0.1) is 0 Å². The van der Waals surface area contributed by atoms with E-state index in [9.17, 15) is 4.79 Å². The zero-order valence-electron chi connectivity index (χ0n) is 7.95. The first-order valence-electron chi connectivity index (χ1n) is 4.46. The number of nitrogens with one attached hydrogen (secondary N) is 1. The highest BCUT2D eigenvalue weighted by Crippen LogP contribution is 2.22. The van der Waals surface area contributed by atoms with Gasteiger partial charge in [-0.15, -0.1) is 0 Å². The summed E-state index contributed by atoms with van der Waals surface area (Å²) in [7, 11) is 1.78. The highest BCUT2D eigenvalue weighted by molar-refractivity contribution is 5.98. The van der Waals surface area contributed by atoms with Crippen molar-refractivity contribution in [2.24, 2.45) is 0 Å². The molecule has 0 fully saturated rings. The SMILES string of the molecule is CN1Cc2ccc(CNO)cc2C1=O. The maximum Gasteiger partial charge on any atom is 0.254 e. The molecule has 0 saturated carbocycles. The maximum atomic E-state index is 11.6. The number of hydroxylamine groups is 1. The number of rotatable bonds is 2. The van der Waals surface area contributed by atoms with Gasteiger partial charge in [-0.3, -0.25) is 4.79 Å². The maximum absolute atomic E-state index is 11.6. The average molecular weight is 192 g/mol. The number of amides is 1. The zero-order valence-corrected chi connectivity index (χ0v) is 7.95. The Bertz CT molecular complexity index is 376. The minimum atomic E-state index is 0.0554. The van der Waals surface area contributed by atoms with E-state index in [4.69, 9.17) is 5.21 Å². The number of hydrogen-bond donors (Lipinski definition) is 2.